The van der Waals surface area contributed by atoms with Crippen LogP contribution in [0.25, 0.3) is 22.5 Å². The van der Waals surface area contributed by atoms with Crippen LogP contribution in [0.1, 0.15) is 0 Å². The fraction of sp³-hybridized carbons (Fsp3) is 0.0588. The number of rotatable bonds is 4. The fourth-order valence-electron chi connectivity index (χ4n) is 2.29. The molecule has 3 rings (SSSR count). The van der Waals surface area contributed by atoms with Crippen molar-refractivity contribution < 1.29 is 9.66 Å². The maximum Gasteiger partial charge on any atom is 0.321 e. The van der Waals surface area contributed by atoms with E-state index in [4.69, 9.17) is 4.74 Å². The Balaban J connectivity index is 2.33. The first-order chi connectivity index (χ1) is 11.2. The first-order valence-electron chi connectivity index (χ1n) is 6.92. The SMILES string of the molecule is COc1nc(-c2ccccc2)c([N+](=O)[O-])c(-c2ccccc2)n1. The summed E-state index contributed by atoms with van der Waals surface area (Å²) in [5.41, 5.74) is 1.61. The van der Waals surface area contributed by atoms with Gasteiger partial charge >= 0.3 is 11.7 Å². The van der Waals surface area contributed by atoms with Crippen molar-refractivity contribution in [1.29, 1.82) is 0 Å². The van der Waals surface area contributed by atoms with Gasteiger partial charge in [-0.3, -0.25) is 10.1 Å². The Bertz CT molecular complexity index is 776. The maximum atomic E-state index is 11.7. The van der Waals surface area contributed by atoms with Crippen molar-refractivity contribution in [3.05, 3.63) is 70.8 Å². The molecular formula is C17H13N3O3. The number of benzene rings is 2. The Morgan fingerprint density at radius 1 is 0.870 bits per heavy atom. The Kier molecular flexibility index (Phi) is 3.97. The minimum Gasteiger partial charge on any atom is -0.467 e. The molecule has 0 aliphatic heterocycles. The van der Waals surface area contributed by atoms with Gasteiger partial charge in [0.1, 0.15) is 0 Å². The highest BCUT2D eigenvalue weighted by atomic mass is 16.6. The number of hydrogen-bond acceptors (Lipinski definition) is 5. The second-order valence-electron chi connectivity index (χ2n) is 4.75. The predicted octanol–water partition coefficient (Wildman–Crippen LogP) is 3.73. The maximum absolute atomic E-state index is 11.7. The molecule has 0 fully saturated rings. The zero-order valence-electron chi connectivity index (χ0n) is 12.3. The predicted molar refractivity (Wildman–Crippen MR) is 86.1 cm³/mol. The van der Waals surface area contributed by atoms with Gasteiger partial charge in [-0.1, -0.05) is 60.7 Å². The van der Waals surface area contributed by atoms with Gasteiger partial charge in [0.25, 0.3) is 0 Å². The van der Waals surface area contributed by atoms with E-state index in [1.807, 2.05) is 12.1 Å². The van der Waals surface area contributed by atoms with Crippen molar-refractivity contribution in [2.75, 3.05) is 7.11 Å². The molecule has 0 radical (unpaired) electrons. The molecule has 0 unspecified atom stereocenters. The topological polar surface area (TPSA) is 78.2 Å². The Morgan fingerprint density at radius 2 is 1.30 bits per heavy atom. The van der Waals surface area contributed by atoms with Crippen LogP contribution in [0.2, 0.25) is 0 Å². The van der Waals surface area contributed by atoms with E-state index < -0.39 is 4.92 Å². The molecule has 0 atom stereocenters. The number of nitrogens with zero attached hydrogens (tertiary/aromatic N) is 3. The van der Waals surface area contributed by atoms with Crippen molar-refractivity contribution >= 4 is 5.69 Å². The van der Waals surface area contributed by atoms with Crippen LogP contribution in [-0.2, 0) is 0 Å². The van der Waals surface area contributed by atoms with E-state index in [9.17, 15) is 10.1 Å². The van der Waals surface area contributed by atoms with Crippen LogP contribution in [-0.4, -0.2) is 22.0 Å². The van der Waals surface area contributed by atoms with Crippen LogP contribution in [0, 0.1) is 10.1 Å². The first-order valence-corrected chi connectivity index (χ1v) is 6.92. The van der Waals surface area contributed by atoms with Crippen molar-refractivity contribution in [2.24, 2.45) is 0 Å². The third-order valence-corrected chi connectivity index (χ3v) is 3.32. The van der Waals surface area contributed by atoms with E-state index in [1.165, 1.54) is 7.11 Å². The van der Waals surface area contributed by atoms with Crippen LogP contribution < -0.4 is 4.74 Å². The van der Waals surface area contributed by atoms with Crippen LogP contribution in [0.5, 0.6) is 6.01 Å². The van der Waals surface area contributed by atoms with Crippen LogP contribution in [0.3, 0.4) is 0 Å². The molecule has 1 heterocycles. The number of ether oxygens (including phenoxy) is 1. The number of aromatic nitrogens is 2. The molecule has 1 aromatic heterocycles. The van der Waals surface area contributed by atoms with Gasteiger partial charge in [-0.2, -0.15) is 9.97 Å². The van der Waals surface area contributed by atoms with E-state index in [-0.39, 0.29) is 23.1 Å². The molecular weight excluding hydrogens is 294 g/mol. The number of nitro groups is 1. The standard InChI is InChI=1S/C17H13N3O3/c1-23-17-18-14(12-8-4-2-5-9-12)16(20(21)22)15(19-17)13-10-6-3-7-11-13/h2-11H,1H3. The highest BCUT2D eigenvalue weighted by Crippen LogP contribution is 2.37. The summed E-state index contributed by atoms with van der Waals surface area (Å²) >= 11 is 0. The third-order valence-electron chi connectivity index (χ3n) is 3.32. The van der Waals surface area contributed by atoms with E-state index >= 15 is 0 Å². The molecule has 23 heavy (non-hydrogen) atoms. The summed E-state index contributed by atoms with van der Waals surface area (Å²) in [6, 6.07) is 18.0. The fourth-order valence-corrected chi connectivity index (χ4v) is 2.29. The Labute approximate surface area is 132 Å². The molecule has 0 amide bonds. The van der Waals surface area contributed by atoms with Crippen molar-refractivity contribution in [1.82, 2.24) is 9.97 Å². The van der Waals surface area contributed by atoms with Gasteiger partial charge < -0.3 is 4.74 Å². The van der Waals surface area contributed by atoms with Gasteiger partial charge in [-0.05, 0) is 0 Å². The summed E-state index contributed by atoms with van der Waals surface area (Å²) in [5, 5.41) is 11.7. The van der Waals surface area contributed by atoms with Gasteiger partial charge in [-0.25, -0.2) is 0 Å². The summed E-state index contributed by atoms with van der Waals surface area (Å²) in [5.74, 6) is 0. The molecule has 0 aliphatic rings. The average molecular weight is 307 g/mol. The Hall–Kier alpha value is -3.28. The van der Waals surface area contributed by atoms with Gasteiger partial charge in [0.15, 0.2) is 11.4 Å². The van der Waals surface area contributed by atoms with Crippen LogP contribution in [0.15, 0.2) is 60.7 Å². The second-order valence-corrected chi connectivity index (χ2v) is 4.75. The molecule has 114 valence electrons. The lowest BCUT2D eigenvalue weighted by Crippen LogP contribution is -2.03. The molecule has 0 saturated heterocycles. The summed E-state index contributed by atoms with van der Waals surface area (Å²) in [7, 11) is 1.44. The minimum absolute atomic E-state index is 0.0910. The largest absolute Gasteiger partial charge is 0.467 e. The molecule has 6 heteroatoms. The second kappa shape index (κ2) is 6.23. The third kappa shape index (κ3) is 2.87. The van der Waals surface area contributed by atoms with Gasteiger partial charge in [0, 0.05) is 11.1 Å². The summed E-state index contributed by atoms with van der Waals surface area (Å²) in [6.07, 6.45) is 0. The lowest BCUT2D eigenvalue weighted by Gasteiger charge is -2.09. The normalized spacial score (nSPS) is 10.3. The molecule has 0 aliphatic carbocycles. The molecule has 6 nitrogen and oxygen atoms in total. The van der Waals surface area contributed by atoms with Gasteiger partial charge in [-0.15, -0.1) is 0 Å². The molecule has 0 spiro atoms. The molecule has 0 saturated carbocycles. The van der Waals surface area contributed by atoms with E-state index in [1.54, 1.807) is 48.5 Å². The van der Waals surface area contributed by atoms with Crippen LogP contribution >= 0.6 is 0 Å². The lowest BCUT2D eigenvalue weighted by atomic mass is 10.1. The van der Waals surface area contributed by atoms with Crippen molar-refractivity contribution in [3.63, 3.8) is 0 Å². The number of hydrogen-bond donors (Lipinski definition) is 0. The summed E-state index contributed by atoms with van der Waals surface area (Å²) < 4.78 is 5.13. The molecule has 0 bridgehead atoms. The summed E-state index contributed by atoms with van der Waals surface area (Å²) in [4.78, 5) is 19.6. The first kappa shape index (κ1) is 14.6. The van der Waals surface area contributed by atoms with Crippen molar-refractivity contribution in [3.8, 4) is 28.5 Å². The number of methoxy groups -OCH3 is 1. The van der Waals surface area contributed by atoms with Crippen molar-refractivity contribution in [2.45, 2.75) is 0 Å². The molecule has 2 aromatic carbocycles. The summed E-state index contributed by atoms with van der Waals surface area (Å²) in [6.45, 7) is 0. The zero-order valence-corrected chi connectivity index (χ0v) is 12.3. The minimum atomic E-state index is -0.454. The smallest absolute Gasteiger partial charge is 0.321 e. The highest BCUT2D eigenvalue weighted by Gasteiger charge is 2.26. The Morgan fingerprint density at radius 3 is 1.65 bits per heavy atom. The van der Waals surface area contributed by atoms with Gasteiger partial charge in [0.05, 0.1) is 12.0 Å². The average Bonchev–Trinajstić information content (AvgIpc) is 2.62. The highest BCUT2D eigenvalue weighted by molar-refractivity contribution is 5.81. The zero-order chi connectivity index (χ0) is 16.2. The van der Waals surface area contributed by atoms with E-state index in [2.05, 4.69) is 9.97 Å². The van der Waals surface area contributed by atoms with E-state index in [0.717, 1.165) is 0 Å². The molecule has 0 N–H and O–H groups in total. The lowest BCUT2D eigenvalue weighted by molar-refractivity contribution is -0.383. The van der Waals surface area contributed by atoms with E-state index in [0.29, 0.717) is 11.1 Å². The molecule has 3 aromatic rings. The quantitative estimate of drug-likeness (QED) is 0.542. The monoisotopic (exact) mass is 307 g/mol. The van der Waals surface area contributed by atoms with Gasteiger partial charge in [0.2, 0.25) is 0 Å². The van der Waals surface area contributed by atoms with Crippen LogP contribution in [0.4, 0.5) is 5.69 Å².